The second-order valence-corrected chi connectivity index (χ2v) is 5.52. The van der Waals surface area contributed by atoms with Crippen molar-refractivity contribution in [2.75, 3.05) is 13.2 Å². The van der Waals surface area contributed by atoms with Crippen LogP contribution in [-0.4, -0.2) is 50.5 Å². The van der Waals surface area contributed by atoms with E-state index >= 15 is 0 Å². The average Bonchev–Trinajstić information content (AvgIpc) is 2.97. The number of rotatable bonds is 7. The fraction of sp³-hybridized carbons (Fsp3) is 0.467. The summed E-state index contributed by atoms with van der Waals surface area (Å²) in [5.41, 5.74) is 0.815. The molecule has 8 heteroatoms. The molecule has 1 aromatic carbocycles. The Morgan fingerprint density at radius 2 is 2.04 bits per heavy atom. The quantitative estimate of drug-likeness (QED) is 0.765. The number of nitrogens with zero attached hydrogens (tertiary/aromatic N) is 4. The van der Waals surface area contributed by atoms with Crippen molar-refractivity contribution < 1.29 is 14.6 Å². The topological polar surface area (TPSA) is 102 Å². The summed E-state index contributed by atoms with van der Waals surface area (Å²) in [5.74, 6) is 0.984. The Hall–Kier alpha value is -2.48. The first-order valence-corrected chi connectivity index (χ1v) is 7.37. The molecule has 1 heterocycles. The van der Waals surface area contributed by atoms with Crippen molar-refractivity contribution in [2.24, 2.45) is 13.0 Å². The van der Waals surface area contributed by atoms with Crippen molar-refractivity contribution in [3.63, 3.8) is 0 Å². The zero-order valence-electron chi connectivity index (χ0n) is 13.4. The van der Waals surface area contributed by atoms with Gasteiger partial charge in [0.25, 0.3) is 5.91 Å². The number of tetrazole rings is 1. The minimum atomic E-state index is -0.267. The minimum absolute atomic E-state index is 0.0940. The second-order valence-electron chi connectivity index (χ2n) is 5.52. The third-order valence-electron chi connectivity index (χ3n) is 3.34. The van der Waals surface area contributed by atoms with Gasteiger partial charge in [0.1, 0.15) is 5.75 Å². The molecule has 8 nitrogen and oxygen atoms in total. The average molecular weight is 319 g/mol. The van der Waals surface area contributed by atoms with Crippen LogP contribution in [0.4, 0.5) is 0 Å². The van der Waals surface area contributed by atoms with Crippen molar-refractivity contribution in [1.29, 1.82) is 0 Å². The molecule has 2 N–H and O–H groups in total. The number of hydrogen-bond donors (Lipinski definition) is 2. The highest BCUT2D eigenvalue weighted by Gasteiger charge is 2.15. The molecule has 2 aromatic rings. The van der Waals surface area contributed by atoms with Crippen LogP contribution in [-0.2, 0) is 11.8 Å². The predicted molar refractivity (Wildman–Crippen MR) is 83.6 cm³/mol. The molecular weight excluding hydrogens is 298 g/mol. The van der Waals surface area contributed by atoms with Crippen molar-refractivity contribution in [1.82, 2.24) is 25.5 Å². The van der Waals surface area contributed by atoms with Gasteiger partial charge in [0.2, 0.25) is 5.82 Å². The van der Waals surface area contributed by atoms with Crippen molar-refractivity contribution in [2.45, 2.75) is 19.9 Å². The van der Waals surface area contributed by atoms with Gasteiger partial charge >= 0.3 is 0 Å². The normalized spacial score (nSPS) is 12.2. The number of hydrogen-bond acceptors (Lipinski definition) is 6. The highest BCUT2D eigenvalue weighted by atomic mass is 16.5. The van der Waals surface area contributed by atoms with Crippen LogP contribution in [0.3, 0.4) is 0 Å². The molecule has 0 unspecified atom stereocenters. The summed E-state index contributed by atoms with van der Waals surface area (Å²) in [6.45, 7) is 3.66. The maximum Gasteiger partial charge on any atom is 0.258 e. The van der Waals surface area contributed by atoms with Crippen LogP contribution in [0.2, 0.25) is 0 Å². The monoisotopic (exact) mass is 319 g/mol. The number of carbonyl (C=O) groups is 1. The summed E-state index contributed by atoms with van der Waals surface area (Å²) in [5, 5.41) is 23.7. The van der Waals surface area contributed by atoms with Crippen molar-refractivity contribution in [3.05, 3.63) is 24.3 Å². The molecule has 0 saturated heterocycles. The van der Waals surface area contributed by atoms with E-state index in [0.29, 0.717) is 11.6 Å². The van der Waals surface area contributed by atoms with Crippen molar-refractivity contribution >= 4 is 5.91 Å². The Bertz CT molecular complexity index is 639. The van der Waals surface area contributed by atoms with Gasteiger partial charge in [-0.25, -0.2) is 0 Å². The lowest BCUT2D eigenvalue weighted by molar-refractivity contribution is -0.124. The Labute approximate surface area is 134 Å². The van der Waals surface area contributed by atoms with Gasteiger partial charge in [0.15, 0.2) is 6.61 Å². The van der Waals surface area contributed by atoms with E-state index in [-0.39, 0.29) is 31.1 Å². The Morgan fingerprint density at radius 1 is 1.35 bits per heavy atom. The van der Waals surface area contributed by atoms with Crippen LogP contribution < -0.4 is 10.1 Å². The second kappa shape index (κ2) is 7.68. The summed E-state index contributed by atoms with van der Waals surface area (Å²) in [7, 11) is 1.70. The third-order valence-corrected chi connectivity index (χ3v) is 3.34. The first-order chi connectivity index (χ1) is 11.0. The zero-order valence-corrected chi connectivity index (χ0v) is 13.4. The smallest absolute Gasteiger partial charge is 0.258 e. The molecule has 0 aliphatic rings. The molecule has 1 amide bonds. The van der Waals surface area contributed by atoms with Crippen LogP contribution >= 0.6 is 0 Å². The van der Waals surface area contributed by atoms with E-state index in [9.17, 15) is 9.90 Å². The lowest BCUT2D eigenvalue weighted by Crippen LogP contribution is -2.43. The molecule has 124 valence electrons. The molecule has 23 heavy (non-hydrogen) atoms. The van der Waals surface area contributed by atoms with Gasteiger partial charge in [-0.1, -0.05) is 13.8 Å². The highest BCUT2D eigenvalue weighted by molar-refractivity contribution is 5.77. The summed E-state index contributed by atoms with van der Waals surface area (Å²) in [6.07, 6.45) is 0. The van der Waals surface area contributed by atoms with E-state index < -0.39 is 0 Å². The van der Waals surface area contributed by atoms with Crippen LogP contribution in [0.15, 0.2) is 24.3 Å². The van der Waals surface area contributed by atoms with Gasteiger partial charge in [-0.15, -0.1) is 10.2 Å². The summed E-state index contributed by atoms with van der Waals surface area (Å²) < 4.78 is 5.43. The maximum atomic E-state index is 11.8. The fourth-order valence-corrected chi connectivity index (χ4v) is 1.92. The van der Waals surface area contributed by atoms with Gasteiger partial charge < -0.3 is 15.2 Å². The summed E-state index contributed by atoms with van der Waals surface area (Å²) in [4.78, 5) is 13.2. The number of nitrogens with one attached hydrogen (secondary N) is 1. The van der Waals surface area contributed by atoms with E-state index in [1.54, 1.807) is 31.3 Å². The van der Waals surface area contributed by atoms with Crippen LogP contribution in [0.1, 0.15) is 13.8 Å². The molecule has 1 aromatic heterocycles. The molecule has 0 saturated carbocycles. The SMILES string of the molecule is CC(C)[C@H](CO)NC(=O)COc1ccc(-c2nnn(C)n2)cc1. The Kier molecular flexibility index (Phi) is 5.64. The molecule has 0 fully saturated rings. The number of amides is 1. The van der Waals surface area contributed by atoms with Gasteiger partial charge in [0, 0.05) is 5.56 Å². The van der Waals surface area contributed by atoms with E-state index in [4.69, 9.17) is 4.74 Å². The number of benzene rings is 1. The molecule has 1 atom stereocenters. The van der Waals surface area contributed by atoms with Gasteiger partial charge in [-0.05, 0) is 35.4 Å². The lowest BCUT2D eigenvalue weighted by atomic mass is 10.1. The standard InChI is InChI=1S/C15H21N5O3/c1-10(2)13(8-21)16-14(22)9-23-12-6-4-11(5-7-12)15-17-19-20(3)18-15/h4-7,10,13,21H,8-9H2,1-3H3,(H,16,22)/t13-/m0/s1. The largest absolute Gasteiger partial charge is 0.484 e. The van der Waals surface area contributed by atoms with Crippen LogP contribution in [0.5, 0.6) is 5.75 Å². The van der Waals surface area contributed by atoms with Crippen molar-refractivity contribution in [3.8, 4) is 17.1 Å². The summed E-state index contributed by atoms with van der Waals surface area (Å²) in [6, 6.07) is 6.82. The molecule has 0 radical (unpaired) electrons. The molecule has 0 bridgehead atoms. The molecule has 2 rings (SSSR count). The number of aliphatic hydroxyl groups excluding tert-OH is 1. The number of aryl methyl sites for hydroxylation is 1. The first kappa shape index (κ1) is 16.9. The maximum absolute atomic E-state index is 11.8. The summed E-state index contributed by atoms with van der Waals surface area (Å²) >= 11 is 0. The Balaban J connectivity index is 1.88. The number of aromatic nitrogens is 4. The predicted octanol–water partition coefficient (Wildman–Crippen LogP) is 0.389. The lowest BCUT2D eigenvalue weighted by Gasteiger charge is -2.19. The van der Waals surface area contributed by atoms with E-state index in [0.717, 1.165) is 5.56 Å². The minimum Gasteiger partial charge on any atom is -0.484 e. The zero-order chi connectivity index (χ0) is 16.8. The number of aliphatic hydroxyl groups is 1. The first-order valence-electron chi connectivity index (χ1n) is 7.37. The highest BCUT2D eigenvalue weighted by Crippen LogP contribution is 2.18. The third kappa shape index (κ3) is 4.75. The fourth-order valence-electron chi connectivity index (χ4n) is 1.92. The number of ether oxygens (including phenoxy) is 1. The number of carbonyl (C=O) groups excluding carboxylic acids is 1. The van der Waals surface area contributed by atoms with E-state index in [1.165, 1.54) is 4.80 Å². The molecule has 0 spiro atoms. The molecule has 0 aliphatic heterocycles. The van der Waals surface area contributed by atoms with Gasteiger partial charge in [-0.3, -0.25) is 4.79 Å². The molecular formula is C15H21N5O3. The van der Waals surface area contributed by atoms with Gasteiger partial charge in [0.05, 0.1) is 19.7 Å². The van der Waals surface area contributed by atoms with E-state index in [2.05, 4.69) is 20.7 Å². The van der Waals surface area contributed by atoms with Crippen LogP contribution in [0, 0.1) is 5.92 Å². The molecule has 0 aliphatic carbocycles. The van der Waals surface area contributed by atoms with Crippen LogP contribution in [0.25, 0.3) is 11.4 Å². The Morgan fingerprint density at radius 3 is 2.57 bits per heavy atom. The van der Waals surface area contributed by atoms with Gasteiger partial charge in [-0.2, -0.15) is 4.80 Å². The van der Waals surface area contributed by atoms with E-state index in [1.807, 2.05) is 13.8 Å².